The van der Waals surface area contributed by atoms with Crippen LogP contribution in [0.3, 0.4) is 0 Å². The Bertz CT molecular complexity index is 425. The van der Waals surface area contributed by atoms with E-state index >= 15 is 0 Å². The highest BCUT2D eigenvalue weighted by Gasteiger charge is 2.05. The lowest BCUT2D eigenvalue weighted by molar-refractivity contribution is -0.120. The summed E-state index contributed by atoms with van der Waals surface area (Å²) in [6, 6.07) is 9.32. The smallest absolute Gasteiger partial charge is 0.407 e. The SMILES string of the molecule is NCCNCCNC(=O)CNC(=O)OCc1ccccc1. The lowest BCUT2D eigenvalue weighted by Crippen LogP contribution is -2.40. The fraction of sp³-hybridized carbons (Fsp3) is 0.429. The zero-order valence-corrected chi connectivity index (χ0v) is 11.9. The summed E-state index contributed by atoms with van der Waals surface area (Å²) in [6.45, 7) is 2.46. The molecule has 2 amide bonds. The number of hydrogen-bond acceptors (Lipinski definition) is 5. The van der Waals surface area contributed by atoms with Gasteiger partial charge in [-0.1, -0.05) is 30.3 Å². The van der Waals surface area contributed by atoms with Crippen LogP contribution >= 0.6 is 0 Å². The molecule has 1 aromatic carbocycles. The first kappa shape index (κ1) is 16.9. The summed E-state index contributed by atoms with van der Waals surface area (Å²) < 4.78 is 4.98. The quantitative estimate of drug-likeness (QED) is 0.463. The van der Waals surface area contributed by atoms with Crippen LogP contribution < -0.4 is 21.7 Å². The zero-order chi connectivity index (χ0) is 15.3. The highest BCUT2D eigenvalue weighted by atomic mass is 16.5. The van der Waals surface area contributed by atoms with E-state index in [1.807, 2.05) is 30.3 Å². The van der Waals surface area contributed by atoms with Gasteiger partial charge in [0.15, 0.2) is 0 Å². The van der Waals surface area contributed by atoms with Crippen molar-refractivity contribution in [3.8, 4) is 0 Å². The van der Waals surface area contributed by atoms with Gasteiger partial charge in [-0.15, -0.1) is 0 Å². The molecule has 0 bridgehead atoms. The maximum Gasteiger partial charge on any atom is 0.407 e. The Morgan fingerprint density at radius 3 is 2.52 bits per heavy atom. The highest BCUT2D eigenvalue weighted by molar-refractivity contribution is 5.82. The van der Waals surface area contributed by atoms with Gasteiger partial charge >= 0.3 is 6.09 Å². The predicted octanol–water partition coefficient (Wildman–Crippen LogP) is -0.423. The Balaban J connectivity index is 2.05. The molecule has 0 saturated carbocycles. The number of hydrogen-bond donors (Lipinski definition) is 4. The third kappa shape index (κ3) is 8.61. The standard InChI is InChI=1S/C14H22N4O3/c15-6-7-16-8-9-17-13(19)10-18-14(20)21-11-12-4-2-1-3-5-12/h1-5,16H,6-11,15H2,(H,17,19)(H,18,20). The highest BCUT2D eigenvalue weighted by Crippen LogP contribution is 2.00. The molecule has 1 rings (SSSR count). The summed E-state index contributed by atoms with van der Waals surface area (Å²) in [4.78, 5) is 22.8. The van der Waals surface area contributed by atoms with Crippen molar-refractivity contribution < 1.29 is 14.3 Å². The average Bonchev–Trinajstić information content (AvgIpc) is 2.51. The minimum atomic E-state index is -0.616. The second-order valence-corrected chi connectivity index (χ2v) is 4.30. The fourth-order valence-electron chi connectivity index (χ4n) is 1.51. The molecule has 116 valence electrons. The molecule has 0 saturated heterocycles. The van der Waals surface area contributed by atoms with Crippen molar-refractivity contribution in [1.29, 1.82) is 0 Å². The minimum Gasteiger partial charge on any atom is -0.445 e. The molecule has 0 radical (unpaired) electrons. The summed E-state index contributed by atoms with van der Waals surface area (Å²) in [6.07, 6.45) is -0.616. The van der Waals surface area contributed by atoms with Crippen molar-refractivity contribution in [3.05, 3.63) is 35.9 Å². The minimum absolute atomic E-state index is 0.107. The van der Waals surface area contributed by atoms with Crippen LogP contribution in [0, 0.1) is 0 Å². The van der Waals surface area contributed by atoms with Crippen LogP contribution in [0.5, 0.6) is 0 Å². The predicted molar refractivity (Wildman–Crippen MR) is 79.6 cm³/mol. The average molecular weight is 294 g/mol. The largest absolute Gasteiger partial charge is 0.445 e. The van der Waals surface area contributed by atoms with E-state index in [-0.39, 0.29) is 19.1 Å². The van der Waals surface area contributed by atoms with Crippen LogP contribution in [0.1, 0.15) is 5.56 Å². The van der Waals surface area contributed by atoms with Crippen molar-refractivity contribution in [1.82, 2.24) is 16.0 Å². The number of benzene rings is 1. The monoisotopic (exact) mass is 294 g/mol. The van der Waals surface area contributed by atoms with Crippen LogP contribution in [0.15, 0.2) is 30.3 Å². The Kier molecular flexibility index (Phi) is 8.58. The number of nitrogens with two attached hydrogens (primary N) is 1. The van der Waals surface area contributed by atoms with Gasteiger partial charge in [0.2, 0.25) is 5.91 Å². The van der Waals surface area contributed by atoms with Crippen LogP contribution in [-0.2, 0) is 16.1 Å². The molecule has 0 aliphatic heterocycles. The summed E-state index contributed by atoms with van der Waals surface area (Å²) >= 11 is 0. The molecule has 0 aliphatic rings. The van der Waals surface area contributed by atoms with E-state index in [0.717, 1.165) is 5.56 Å². The first-order valence-electron chi connectivity index (χ1n) is 6.84. The Morgan fingerprint density at radius 1 is 1.05 bits per heavy atom. The topological polar surface area (TPSA) is 105 Å². The van der Waals surface area contributed by atoms with Crippen molar-refractivity contribution in [2.45, 2.75) is 6.61 Å². The van der Waals surface area contributed by atoms with Gasteiger partial charge in [-0.3, -0.25) is 4.79 Å². The van der Waals surface area contributed by atoms with E-state index in [1.165, 1.54) is 0 Å². The second kappa shape index (κ2) is 10.6. The zero-order valence-electron chi connectivity index (χ0n) is 11.9. The molecule has 5 N–H and O–H groups in total. The summed E-state index contributed by atoms with van der Waals surface area (Å²) in [5.74, 6) is -0.263. The number of carbonyl (C=O) groups excluding carboxylic acids is 2. The number of alkyl carbamates (subject to hydrolysis) is 1. The second-order valence-electron chi connectivity index (χ2n) is 4.30. The van der Waals surface area contributed by atoms with E-state index in [1.54, 1.807) is 0 Å². The van der Waals surface area contributed by atoms with Crippen molar-refractivity contribution >= 4 is 12.0 Å². The molecule has 0 unspecified atom stereocenters. The number of amides is 2. The first-order valence-corrected chi connectivity index (χ1v) is 6.84. The number of carbonyl (C=O) groups is 2. The van der Waals surface area contributed by atoms with E-state index in [2.05, 4.69) is 16.0 Å². The molecule has 7 nitrogen and oxygen atoms in total. The first-order chi connectivity index (χ1) is 10.2. The Labute approximate surface area is 124 Å². The molecule has 7 heteroatoms. The molecule has 0 heterocycles. The Hall–Kier alpha value is -2.12. The van der Waals surface area contributed by atoms with E-state index in [4.69, 9.17) is 10.5 Å². The molecule has 0 atom stereocenters. The van der Waals surface area contributed by atoms with E-state index < -0.39 is 6.09 Å². The third-order valence-corrected chi connectivity index (χ3v) is 2.55. The molecular formula is C14H22N4O3. The molecular weight excluding hydrogens is 272 g/mol. The van der Waals surface area contributed by atoms with Gasteiger partial charge in [0.25, 0.3) is 0 Å². The molecule has 0 spiro atoms. The van der Waals surface area contributed by atoms with Crippen LogP contribution in [-0.4, -0.2) is 44.7 Å². The lowest BCUT2D eigenvalue weighted by Gasteiger charge is -2.08. The van der Waals surface area contributed by atoms with Crippen molar-refractivity contribution in [2.75, 3.05) is 32.7 Å². The molecule has 1 aromatic rings. The van der Waals surface area contributed by atoms with Gasteiger partial charge in [-0.25, -0.2) is 4.79 Å². The maximum atomic E-state index is 11.4. The molecule has 0 aliphatic carbocycles. The number of rotatable bonds is 9. The summed E-state index contributed by atoms with van der Waals surface area (Å²) in [7, 11) is 0. The van der Waals surface area contributed by atoms with Gasteiger partial charge in [0, 0.05) is 26.2 Å². The maximum absolute atomic E-state index is 11.4. The van der Waals surface area contributed by atoms with Gasteiger partial charge < -0.3 is 26.4 Å². The van der Waals surface area contributed by atoms with Gasteiger partial charge in [0.1, 0.15) is 6.61 Å². The molecule has 21 heavy (non-hydrogen) atoms. The van der Waals surface area contributed by atoms with Crippen molar-refractivity contribution in [2.24, 2.45) is 5.73 Å². The number of nitrogens with one attached hydrogen (secondary N) is 3. The normalized spacial score (nSPS) is 9.95. The van der Waals surface area contributed by atoms with Crippen LogP contribution in [0.4, 0.5) is 4.79 Å². The third-order valence-electron chi connectivity index (χ3n) is 2.55. The van der Waals surface area contributed by atoms with Gasteiger partial charge in [0.05, 0.1) is 6.54 Å². The lowest BCUT2D eigenvalue weighted by atomic mass is 10.2. The summed E-state index contributed by atoms with van der Waals surface area (Å²) in [5.41, 5.74) is 6.20. The van der Waals surface area contributed by atoms with E-state index in [9.17, 15) is 9.59 Å². The molecule has 0 fully saturated rings. The summed E-state index contributed by atoms with van der Waals surface area (Å²) in [5, 5.41) is 8.09. The fourth-order valence-corrected chi connectivity index (χ4v) is 1.51. The van der Waals surface area contributed by atoms with Gasteiger partial charge in [-0.2, -0.15) is 0 Å². The number of ether oxygens (including phenoxy) is 1. The van der Waals surface area contributed by atoms with E-state index in [0.29, 0.717) is 26.2 Å². The molecule has 0 aromatic heterocycles. The van der Waals surface area contributed by atoms with Crippen molar-refractivity contribution in [3.63, 3.8) is 0 Å². The van der Waals surface area contributed by atoms with Crippen LogP contribution in [0.2, 0.25) is 0 Å². The Morgan fingerprint density at radius 2 is 1.81 bits per heavy atom. The van der Waals surface area contributed by atoms with Crippen LogP contribution in [0.25, 0.3) is 0 Å². The van der Waals surface area contributed by atoms with Gasteiger partial charge in [-0.05, 0) is 5.56 Å².